The molecule has 0 radical (unpaired) electrons. The summed E-state index contributed by atoms with van der Waals surface area (Å²) in [7, 11) is 0. The Kier molecular flexibility index (Phi) is 4.93. The van der Waals surface area contributed by atoms with Crippen molar-refractivity contribution in [3.63, 3.8) is 0 Å². The molecule has 120 valence electrons. The van der Waals surface area contributed by atoms with Crippen molar-refractivity contribution in [3.05, 3.63) is 29.3 Å². The number of carbonyl (C=O) groups excluding carboxylic acids is 2. The van der Waals surface area contributed by atoms with Crippen LogP contribution in [-0.4, -0.2) is 46.7 Å². The topological polar surface area (TPSA) is 78.9 Å². The molecule has 0 aromatic heterocycles. The monoisotopic (exact) mass is 326 g/mol. The minimum absolute atomic E-state index is 0.0263. The number of ether oxygens (including phenoxy) is 1. The van der Waals surface area contributed by atoms with Crippen molar-refractivity contribution in [2.45, 2.75) is 31.9 Å². The average molecular weight is 327 g/mol. The van der Waals surface area contributed by atoms with E-state index in [1.165, 1.54) is 0 Å². The van der Waals surface area contributed by atoms with Gasteiger partial charge in [-0.2, -0.15) is 0 Å². The Labute approximate surface area is 134 Å². The van der Waals surface area contributed by atoms with Crippen LogP contribution < -0.4 is 10.1 Å². The van der Waals surface area contributed by atoms with Gasteiger partial charge in [0.25, 0.3) is 5.91 Å². The van der Waals surface area contributed by atoms with E-state index in [-0.39, 0.29) is 19.1 Å². The number of hydrogen-bond acceptors (Lipinski definition) is 4. The van der Waals surface area contributed by atoms with Crippen LogP contribution in [0.5, 0.6) is 5.75 Å². The van der Waals surface area contributed by atoms with E-state index in [4.69, 9.17) is 16.3 Å². The summed E-state index contributed by atoms with van der Waals surface area (Å²) < 4.78 is 5.40. The molecule has 2 N–H and O–H groups in total. The number of imide groups is 1. The highest BCUT2D eigenvalue weighted by molar-refractivity contribution is 6.30. The Hall–Kier alpha value is -1.79. The number of halogens is 1. The number of rotatable bonds is 6. The summed E-state index contributed by atoms with van der Waals surface area (Å²) in [5, 5.41) is 13.2. The Bertz CT molecular complexity index is 563. The molecule has 0 bridgehead atoms. The second-order valence-corrected chi connectivity index (χ2v) is 5.89. The molecule has 0 spiro atoms. The van der Waals surface area contributed by atoms with E-state index >= 15 is 0 Å². The number of nitrogens with one attached hydrogen (secondary N) is 1. The maximum absolute atomic E-state index is 12.2. The van der Waals surface area contributed by atoms with Gasteiger partial charge in [0.05, 0.1) is 6.54 Å². The van der Waals surface area contributed by atoms with E-state index in [0.29, 0.717) is 17.2 Å². The van der Waals surface area contributed by atoms with Gasteiger partial charge < -0.3 is 15.2 Å². The van der Waals surface area contributed by atoms with Crippen LogP contribution >= 0.6 is 11.6 Å². The lowest BCUT2D eigenvalue weighted by Gasteiger charge is -2.21. The van der Waals surface area contributed by atoms with Gasteiger partial charge in [0.1, 0.15) is 24.0 Å². The molecule has 1 saturated heterocycles. The number of amides is 3. The smallest absolute Gasteiger partial charge is 0.325 e. The lowest BCUT2D eigenvalue weighted by atomic mass is 9.99. The molecule has 0 aliphatic carbocycles. The van der Waals surface area contributed by atoms with E-state index in [0.717, 1.165) is 4.90 Å². The highest BCUT2D eigenvalue weighted by Crippen LogP contribution is 2.21. The Balaban J connectivity index is 1.89. The van der Waals surface area contributed by atoms with Crippen LogP contribution in [0.25, 0.3) is 0 Å². The zero-order chi connectivity index (χ0) is 16.3. The van der Waals surface area contributed by atoms with Gasteiger partial charge in [-0.25, -0.2) is 4.79 Å². The number of β-amino-alcohol motifs (C(OH)–C–C–N with tert-alkyl or cyclic N) is 1. The summed E-state index contributed by atoms with van der Waals surface area (Å²) in [6.07, 6.45) is -0.476. The molecule has 2 atom stereocenters. The SMILES string of the molecule is CC[C@]1(C)NC(=O)N(C[C@@H](O)COc2ccc(Cl)cc2)C1=O. The zero-order valence-electron chi connectivity index (χ0n) is 12.5. The molecule has 1 aliphatic rings. The Morgan fingerprint density at radius 2 is 2.00 bits per heavy atom. The van der Waals surface area contributed by atoms with Crippen LogP contribution in [0, 0.1) is 0 Å². The normalized spacial score (nSPS) is 22.6. The van der Waals surface area contributed by atoms with Crippen molar-refractivity contribution < 1.29 is 19.4 Å². The Morgan fingerprint density at radius 3 is 2.55 bits per heavy atom. The molecule has 3 amide bonds. The van der Waals surface area contributed by atoms with Crippen LogP contribution in [-0.2, 0) is 4.79 Å². The number of aliphatic hydroxyl groups is 1. The van der Waals surface area contributed by atoms with Crippen molar-refractivity contribution >= 4 is 23.5 Å². The highest BCUT2D eigenvalue weighted by Gasteiger charge is 2.46. The molecule has 0 saturated carbocycles. The van der Waals surface area contributed by atoms with E-state index in [1.807, 2.05) is 6.92 Å². The highest BCUT2D eigenvalue weighted by atomic mass is 35.5. The summed E-state index contributed by atoms with van der Waals surface area (Å²) in [4.78, 5) is 25.1. The number of aliphatic hydroxyl groups excluding tert-OH is 1. The molecule has 1 aromatic rings. The summed E-state index contributed by atoms with van der Waals surface area (Å²) in [5.74, 6) is 0.226. The maximum atomic E-state index is 12.2. The van der Waals surface area contributed by atoms with Crippen molar-refractivity contribution in [1.29, 1.82) is 0 Å². The number of benzene rings is 1. The third-order valence-corrected chi connectivity index (χ3v) is 3.95. The van der Waals surface area contributed by atoms with E-state index < -0.39 is 17.7 Å². The largest absolute Gasteiger partial charge is 0.491 e. The van der Waals surface area contributed by atoms with Crippen LogP contribution in [0.1, 0.15) is 20.3 Å². The summed E-state index contributed by atoms with van der Waals surface area (Å²) in [6.45, 7) is 3.36. The Morgan fingerprint density at radius 1 is 1.36 bits per heavy atom. The second kappa shape index (κ2) is 6.54. The van der Waals surface area contributed by atoms with E-state index in [9.17, 15) is 14.7 Å². The number of urea groups is 1. The van der Waals surface area contributed by atoms with Crippen molar-refractivity contribution in [1.82, 2.24) is 10.2 Å². The van der Waals surface area contributed by atoms with Crippen molar-refractivity contribution in [3.8, 4) is 5.75 Å². The molecular weight excluding hydrogens is 308 g/mol. The van der Waals surface area contributed by atoms with E-state index in [2.05, 4.69) is 5.32 Å². The van der Waals surface area contributed by atoms with Crippen LogP contribution in [0.2, 0.25) is 5.02 Å². The third kappa shape index (κ3) is 3.51. The standard InChI is InChI=1S/C15H19ClN2O4/c1-3-15(2)13(20)18(14(21)17-15)8-11(19)9-22-12-6-4-10(16)5-7-12/h4-7,11,19H,3,8-9H2,1-2H3,(H,17,21)/t11-,15+/m1/s1. The fourth-order valence-corrected chi connectivity index (χ4v) is 2.27. The van der Waals surface area contributed by atoms with Crippen LogP contribution in [0.4, 0.5) is 4.79 Å². The molecule has 0 unspecified atom stereocenters. The van der Waals surface area contributed by atoms with Gasteiger partial charge in [-0.05, 0) is 37.6 Å². The molecular formula is C15H19ClN2O4. The quantitative estimate of drug-likeness (QED) is 0.781. The van der Waals surface area contributed by atoms with Gasteiger partial charge in [-0.15, -0.1) is 0 Å². The fraction of sp³-hybridized carbons (Fsp3) is 0.467. The first-order valence-corrected chi connectivity index (χ1v) is 7.44. The first-order valence-electron chi connectivity index (χ1n) is 7.06. The number of nitrogens with zero attached hydrogens (tertiary/aromatic N) is 1. The number of carbonyl (C=O) groups is 2. The lowest BCUT2D eigenvalue weighted by Crippen LogP contribution is -2.44. The lowest BCUT2D eigenvalue weighted by molar-refractivity contribution is -0.132. The van der Waals surface area contributed by atoms with E-state index in [1.54, 1.807) is 31.2 Å². The van der Waals surface area contributed by atoms with Crippen LogP contribution in [0.3, 0.4) is 0 Å². The molecule has 22 heavy (non-hydrogen) atoms. The zero-order valence-corrected chi connectivity index (χ0v) is 13.3. The van der Waals surface area contributed by atoms with Gasteiger partial charge >= 0.3 is 6.03 Å². The van der Waals surface area contributed by atoms with Crippen molar-refractivity contribution in [2.24, 2.45) is 0 Å². The molecule has 1 aromatic carbocycles. The van der Waals surface area contributed by atoms with Gasteiger partial charge in [-0.3, -0.25) is 9.69 Å². The first-order chi connectivity index (χ1) is 10.4. The average Bonchev–Trinajstić information content (AvgIpc) is 2.71. The van der Waals surface area contributed by atoms with Crippen LogP contribution in [0.15, 0.2) is 24.3 Å². The van der Waals surface area contributed by atoms with Gasteiger partial charge in [-0.1, -0.05) is 18.5 Å². The predicted molar refractivity (Wildman–Crippen MR) is 81.9 cm³/mol. The number of hydrogen-bond donors (Lipinski definition) is 2. The minimum Gasteiger partial charge on any atom is -0.491 e. The van der Waals surface area contributed by atoms with Gasteiger partial charge in [0.15, 0.2) is 0 Å². The summed E-state index contributed by atoms with van der Waals surface area (Å²) in [5.41, 5.74) is -0.895. The minimum atomic E-state index is -0.968. The molecule has 6 nitrogen and oxygen atoms in total. The molecule has 7 heteroatoms. The predicted octanol–water partition coefficient (Wildman–Crippen LogP) is 1.80. The molecule has 2 rings (SSSR count). The van der Waals surface area contributed by atoms with Crippen molar-refractivity contribution in [2.75, 3.05) is 13.2 Å². The van der Waals surface area contributed by atoms with Gasteiger partial charge in [0.2, 0.25) is 0 Å². The first kappa shape index (κ1) is 16.6. The molecule has 1 aliphatic heterocycles. The summed E-state index contributed by atoms with van der Waals surface area (Å²) in [6, 6.07) is 6.22. The molecule has 1 heterocycles. The summed E-state index contributed by atoms with van der Waals surface area (Å²) >= 11 is 5.77. The fourth-order valence-electron chi connectivity index (χ4n) is 2.14. The molecule has 1 fully saturated rings. The second-order valence-electron chi connectivity index (χ2n) is 5.45. The third-order valence-electron chi connectivity index (χ3n) is 3.70. The van der Waals surface area contributed by atoms with Gasteiger partial charge in [0, 0.05) is 5.02 Å². The maximum Gasteiger partial charge on any atom is 0.325 e.